The SMILES string of the molecule is CCCNC(c1nccn1C)C(CCC)OCC. The maximum Gasteiger partial charge on any atom is 0.128 e. The molecule has 1 rings (SSSR count). The lowest BCUT2D eigenvalue weighted by Gasteiger charge is -2.27. The van der Waals surface area contributed by atoms with Gasteiger partial charge in [-0.25, -0.2) is 4.98 Å². The highest BCUT2D eigenvalue weighted by atomic mass is 16.5. The molecular formula is C14H27N3O. The van der Waals surface area contributed by atoms with Crippen molar-refractivity contribution in [2.75, 3.05) is 13.2 Å². The molecule has 4 heteroatoms. The fourth-order valence-electron chi connectivity index (χ4n) is 2.21. The number of aryl methyl sites for hydroxylation is 1. The summed E-state index contributed by atoms with van der Waals surface area (Å²) < 4.78 is 7.98. The average molecular weight is 253 g/mol. The normalized spacial score (nSPS) is 14.7. The van der Waals surface area contributed by atoms with E-state index < -0.39 is 0 Å². The molecule has 0 radical (unpaired) electrons. The van der Waals surface area contributed by atoms with E-state index in [1.807, 2.05) is 19.4 Å². The van der Waals surface area contributed by atoms with Gasteiger partial charge in [0.1, 0.15) is 5.82 Å². The monoisotopic (exact) mass is 253 g/mol. The minimum absolute atomic E-state index is 0.185. The maximum absolute atomic E-state index is 5.90. The molecule has 1 aromatic heterocycles. The van der Waals surface area contributed by atoms with Gasteiger partial charge in [-0.05, 0) is 26.3 Å². The molecule has 0 fully saturated rings. The molecule has 1 heterocycles. The molecule has 0 aromatic carbocycles. The molecule has 0 saturated carbocycles. The third kappa shape index (κ3) is 4.10. The Balaban J connectivity index is 2.84. The van der Waals surface area contributed by atoms with Crippen LogP contribution >= 0.6 is 0 Å². The molecule has 0 spiro atoms. The highest BCUT2D eigenvalue weighted by Crippen LogP contribution is 2.21. The first-order chi connectivity index (χ1) is 8.74. The standard InChI is InChI=1S/C14H27N3O/c1-5-8-12(18-7-3)13(15-9-6-2)14-16-10-11-17(14)4/h10-13,15H,5-9H2,1-4H3. The Morgan fingerprint density at radius 2 is 2.11 bits per heavy atom. The van der Waals surface area contributed by atoms with Gasteiger partial charge in [-0.1, -0.05) is 20.3 Å². The minimum atomic E-state index is 0.185. The van der Waals surface area contributed by atoms with Crippen molar-refractivity contribution in [3.05, 3.63) is 18.2 Å². The van der Waals surface area contributed by atoms with Gasteiger partial charge in [0.2, 0.25) is 0 Å². The molecule has 104 valence electrons. The molecule has 2 unspecified atom stereocenters. The number of imidazole rings is 1. The van der Waals surface area contributed by atoms with Gasteiger partial charge in [-0.3, -0.25) is 0 Å². The summed E-state index contributed by atoms with van der Waals surface area (Å²) in [5.41, 5.74) is 0. The summed E-state index contributed by atoms with van der Waals surface area (Å²) in [6.45, 7) is 8.17. The van der Waals surface area contributed by atoms with Crippen molar-refractivity contribution in [3.8, 4) is 0 Å². The summed E-state index contributed by atoms with van der Waals surface area (Å²) >= 11 is 0. The van der Waals surface area contributed by atoms with Crippen LogP contribution in [0.5, 0.6) is 0 Å². The predicted octanol–water partition coefficient (Wildman–Crippen LogP) is 2.67. The highest BCUT2D eigenvalue weighted by molar-refractivity contribution is 5.02. The van der Waals surface area contributed by atoms with E-state index in [-0.39, 0.29) is 12.1 Å². The Morgan fingerprint density at radius 1 is 1.33 bits per heavy atom. The van der Waals surface area contributed by atoms with E-state index in [4.69, 9.17) is 4.74 Å². The smallest absolute Gasteiger partial charge is 0.128 e. The first kappa shape index (κ1) is 15.2. The molecule has 0 saturated heterocycles. The van der Waals surface area contributed by atoms with Crippen LogP contribution < -0.4 is 5.32 Å². The van der Waals surface area contributed by atoms with E-state index in [2.05, 4.69) is 35.6 Å². The molecule has 1 aromatic rings. The van der Waals surface area contributed by atoms with Crippen molar-refractivity contribution < 1.29 is 4.74 Å². The second-order valence-electron chi connectivity index (χ2n) is 4.61. The summed E-state index contributed by atoms with van der Waals surface area (Å²) in [5, 5.41) is 3.57. The summed E-state index contributed by atoms with van der Waals surface area (Å²) in [6, 6.07) is 0.185. The lowest BCUT2D eigenvalue weighted by Crippen LogP contribution is -2.36. The zero-order valence-electron chi connectivity index (χ0n) is 12.1. The Kier molecular flexibility index (Phi) is 6.98. The van der Waals surface area contributed by atoms with Gasteiger partial charge in [0.05, 0.1) is 12.1 Å². The van der Waals surface area contributed by atoms with Gasteiger partial charge in [0.25, 0.3) is 0 Å². The number of rotatable bonds is 9. The topological polar surface area (TPSA) is 39.1 Å². The molecule has 0 bridgehead atoms. The third-order valence-corrected chi connectivity index (χ3v) is 3.08. The van der Waals surface area contributed by atoms with Gasteiger partial charge in [-0.15, -0.1) is 0 Å². The first-order valence-corrected chi connectivity index (χ1v) is 7.06. The van der Waals surface area contributed by atoms with Crippen LogP contribution in [0.3, 0.4) is 0 Å². The van der Waals surface area contributed by atoms with E-state index >= 15 is 0 Å². The highest BCUT2D eigenvalue weighted by Gasteiger charge is 2.25. The summed E-state index contributed by atoms with van der Waals surface area (Å²) in [4.78, 5) is 4.47. The fourth-order valence-corrected chi connectivity index (χ4v) is 2.21. The van der Waals surface area contributed by atoms with Gasteiger partial charge in [-0.2, -0.15) is 0 Å². The number of hydrogen-bond donors (Lipinski definition) is 1. The molecule has 4 nitrogen and oxygen atoms in total. The average Bonchev–Trinajstić information content (AvgIpc) is 2.77. The van der Waals surface area contributed by atoms with Gasteiger partial charge in [0.15, 0.2) is 0 Å². The number of hydrogen-bond acceptors (Lipinski definition) is 3. The van der Waals surface area contributed by atoms with Crippen molar-refractivity contribution in [3.63, 3.8) is 0 Å². The molecule has 0 amide bonds. The predicted molar refractivity (Wildman–Crippen MR) is 74.6 cm³/mol. The van der Waals surface area contributed by atoms with Crippen LogP contribution in [0, 0.1) is 0 Å². The Labute approximate surface area is 111 Å². The van der Waals surface area contributed by atoms with Crippen LogP contribution in [-0.2, 0) is 11.8 Å². The van der Waals surface area contributed by atoms with E-state index in [1.165, 1.54) is 0 Å². The fraction of sp³-hybridized carbons (Fsp3) is 0.786. The van der Waals surface area contributed by atoms with Crippen LogP contribution in [0.1, 0.15) is 51.9 Å². The molecule has 2 atom stereocenters. The summed E-state index contributed by atoms with van der Waals surface area (Å²) in [6.07, 6.45) is 7.34. The lowest BCUT2D eigenvalue weighted by atomic mass is 10.0. The van der Waals surface area contributed by atoms with Crippen molar-refractivity contribution in [1.29, 1.82) is 0 Å². The van der Waals surface area contributed by atoms with Crippen molar-refractivity contribution in [2.45, 2.75) is 52.2 Å². The second-order valence-corrected chi connectivity index (χ2v) is 4.61. The second kappa shape index (κ2) is 8.27. The number of nitrogens with zero attached hydrogens (tertiary/aromatic N) is 2. The molecule has 18 heavy (non-hydrogen) atoms. The van der Waals surface area contributed by atoms with Crippen LogP contribution in [0.25, 0.3) is 0 Å². The number of aromatic nitrogens is 2. The Morgan fingerprint density at radius 3 is 2.61 bits per heavy atom. The quantitative estimate of drug-likeness (QED) is 0.735. The molecule has 1 N–H and O–H groups in total. The zero-order valence-corrected chi connectivity index (χ0v) is 12.1. The minimum Gasteiger partial charge on any atom is -0.376 e. The lowest BCUT2D eigenvalue weighted by molar-refractivity contribution is 0.0247. The van der Waals surface area contributed by atoms with E-state index in [1.54, 1.807) is 0 Å². The Bertz CT molecular complexity index is 319. The third-order valence-electron chi connectivity index (χ3n) is 3.08. The van der Waals surface area contributed by atoms with Crippen LogP contribution in [-0.4, -0.2) is 28.8 Å². The number of ether oxygens (including phenoxy) is 1. The van der Waals surface area contributed by atoms with Crippen molar-refractivity contribution in [2.24, 2.45) is 7.05 Å². The summed E-state index contributed by atoms with van der Waals surface area (Å²) in [5.74, 6) is 1.07. The molecular weight excluding hydrogens is 226 g/mol. The van der Waals surface area contributed by atoms with Crippen molar-refractivity contribution >= 4 is 0 Å². The van der Waals surface area contributed by atoms with E-state index in [0.717, 1.165) is 38.2 Å². The molecule has 0 aliphatic carbocycles. The maximum atomic E-state index is 5.90. The zero-order chi connectivity index (χ0) is 13.4. The summed E-state index contributed by atoms with van der Waals surface area (Å²) in [7, 11) is 2.04. The first-order valence-electron chi connectivity index (χ1n) is 7.06. The van der Waals surface area contributed by atoms with E-state index in [0.29, 0.717) is 0 Å². The number of nitrogens with one attached hydrogen (secondary N) is 1. The molecule has 0 aliphatic rings. The van der Waals surface area contributed by atoms with Gasteiger partial charge < -0.3 is 14.6 Å². The van der Waals surface area contributed by atoms with Gasteiger partial charge in [0, 0.05) is 26.0 Å². The van der Waals surface area contributed by atoms with Crippen LogP contribution in [0.15, 0.2) is 12.4 Å². The van der Waals surface area contributed by atoms with Crippen LogP contribution in [0.4, 0.5) is 0 Å². The van der Waals surface area contributed by atoms with Gasteiger partial charge >= 0.3 is 0 Å². The Hall–Kier alpha value is -0.870. The van der Waals surface area contributed by atoms with Crippen molar-refractivity contribution in [1.82, 2.24) is 14.9 Å². The largest absolute Gasteiger partial charge is 0.376 e. The van der Waals surface area contributed by atoms with Crippen LogP contribution in [0.2, 0.25) is 0 Å². The van der Waals surface area contributed by atoms with E-state index in [9.17, 15) is 0 Å². The molecule has 0 aliphatic heterocycles.